The van der Waals surface area contributed by atoms with Gasteiger partial charge in [0.05, 0.1) is 37.5 Å². The second-order valence-corrected chi connectivity index (χ2v) is 9.40. The Morgan fingerprint density at radius 1 is 1.00 bits per heavy atom. The van der Waals surface area contributed by atoms with Gasteiger partial charge in [0, 0.05) is 59.4 Å². The third kappa shape index (κ3) is 3.15. The molecule has 0 unspecified atom stereocenters. The van der Waals surface area contributed by atoms with E-state index in [1.165, 1.54) is 34.3 Å². The maximum absolute atomic E-state index is 13.9. The van der Waals surface area contributed by atoms with Gasteiger partial charge in [-0.25, -0.2) is 4.39 Å². The molecule has 7 heteroatoms. The number of nitrogens with zero attached hydrogens (tertiary/aromatic N) is 4. The first-order valence-corrected chi connectivity index (χ1v) is 11.9. The van der Waals surface area contributed by atoms with Crippen LogP contribution in [0.1, 0.15) is 41.6 Å². The smallest absolute Gasteiger partial charge is 0.123 e. The molecular formula is C27H25FN4O2. The van der Waals surface area contributed by atoms with Gasteiger partial charge >= 0.3 is 0 Å². The summed E-state index contributed by atoms with van der Waals surface area (Å²) >= 11 is 0. The van der Waals surface area contributed by atoms with Gasteiger partial charge in [-0.3, -0.25) is 9.67 Å². The first kappa shape index (κ1) is 20.1. The number of hydrogen-bond donors (Lipinski definition) is 0. The van der Waals surface area contributed by atoms with Gasteiger partial charge < -0.3 is 14.0 Å². The molecule has 0 spiro atoms. The standard InChI is InChI=1S/C27H25FN4O2/c28-21-1-3-22(4-2-21)32-25-10-19-12-29-11-18(19)9-24(25)26(27(32)17-5-7-33-8-6-17)20-13-30-31(14-20)23-15-34-16-23/h1-4,9-10,12-14,17,23H,5-8,11,15-16H2. The lowest BCUT2D eigenvalue weighted by molar-refractivity contribution is -0.0286. The van der Waals surface area contributed by atoms with Crippen LogP contribution < -0.4 is 0 Å². The quantitative estimate of drug-likeness (QED) is 0.433. The van der Waals surface area contributed by atoms with E-state index in [1.54, 1.807) is 0 Å². The van der Waals surface area contributed by atoms with Crippen molar-refractivity contribution in [3.05, 3.63) is 71.4 Å². The molecule has 0 saturated carbocycles. The van der Waals surface area contributed by atoms with E-state index in [0.29, 0.717) is 31.7 Å². The first-order chi connectivity index (χ1) is 16.8. The highest BCUT2D eigenvalue weighted by Gasteiger charge is 2.30. The lowest BCUT2D eigenvalue weighted by Gasteiger charge is -2.26. The van der Waals surface area contributed by atoms with Crippen LogP contribution in [0.5, 0.6) is 0 Å². The Morgan fingerprint density at radius 2 is 1.82 bits per heavy atom. The Morgan fingerprint density at radius 3 is 2.59 bits per heavy atom. The summed E-state index contributed by atoms with van der Waals surface area (Å²) in [6.07, 6.45) is 8.00. The molecule has 2 fully saturated rings. The number of fused-ring (bicyclic) bond motifs is 2. The molecule has 0 bridgehead atoms. The molecule has 5 heterocycles. The fraction of sp³-hybridized carbons (Fsp3) is 0.333. The number of halogens is 1. The van der Waals surface area contributed by atoms with Gasteiger partial charge in [-0.15, -0.1) is 0 Å². The normalized spacial score (nSPS) is 18.5. The number of benzene rings is 2. The van der Waals surface area contributed by atoms with Gasteiger partial charge in [-0.2, -0.15) is 5.10 Å². The molecule has 0 atom stereocenters. The SMILES string of the molecule is Fc1ccc(-n2c(C3CCOCC3)c(-c3cnn(C4COC4)c3)c3cc4c(cc32)C=NC4)cc1. The van der Waals surface area contributed by atoms with Crippen molar-refractivity contribution in [1.29, 1.82) is 0 Å². The molecule has 2 aromatic carbocycles. The van der Waals surface area contributed by atoms with E-state index in [9.17, 15) is 4.39 Å². The summed E-state index contributed by atoms with van der Waals surface area (Å²) in [6, 6.07) is 11.6. The van der Waals surface area contributed by atoms with E-state index < -0.39 is 0 Å². The van der Waals surface area contributed by atoms with Crippen molar-refractivity contribution in [2.24, 2.45) is 4.99 Å². The minimum atomic E-state index is -0.231. The summed E-state index contributed by atoms with van der Waals surface area (Å²) in [5, 5.41) is 5.90. The van der Waals surface area contributed by atoms with Crippen molar-refractivity contribution in [3.8, 4) is 16.8 Å². The van der Waals surface area contributed by atoms with E-state index in [1.807, 2.05) is 29.2 Å². The fourth-order valence-electron chi connectivity index (χ4n) is 5.49. The molecule has 3 aliphatic heterocycles. The zero-order chi connectivity index (χ0) is 22.6. The Bertz CT molecular complexity index is 1410. The Balaban J connectivity index is 1.53. The number of hydrogen-bond acceptors (Lipinski definition) is 4. The summed E-state index contributed by atoms with van der Waals surface area (Å²) < 4.78 is 29.3. The fourth-order valence-corrected chi connectivity index (χ4v) is 5.49. The third-order valence-electron chi connectivity index (χ3n) is 7.33. The maximum atomic E-state index is 13.9. The van der Waals surface area contributed by atoms with Gasteiger partial charge in [0.25, 0.3) is 0 Å². The Labute approximate surface area is 196 Å². The van der Waals surface area contributed by atoms with E-state index in [4.69, 9.17) is 14.6 Å². The van der Waals surface area contributed by atoms with E-state index in [-0.39, 0.29) is 5.82 Å². The highest BCUT2D eigenvalue weighted by atomic mass is 19.1. The Kier molecular flexibility index (Phi) is 4.67. The number of aromatic nitrogens is 3. The third-order valence-corrected chi connectivity index (χ3v) is 7.33. The summed E-state index contributed by atoms with van der Waals surface area (Å²) in [7, 11) is 0. The lowest BCUT2D eigenvalue weighted by atomic mass is 9.90. The van der Waals surface area contributed by atoms with Gasteiger partial charge in [0.1, 0.15) is 5.82 Å². The average molecular weight is 457 g/mol. The van der Waals surface area contributed by atoms with Crippen LogP contribution in [-0.4, -0.2) is 47.0 Å². The molecule has 6 nitrogen and oxygen atoms in total. The highest BCUT2D eigenvalue weighted by Crippen LogP contribution is 2.44. The zero-order valence-electron chi connectivity index (χ0n) is 18.8. The van der Waals surface area contributed by atoms with Crippen molar-refractivity contribution in [2.45, 2.75) is 31.3 Å². The summed E-state index contributed by atoms with van der Waals surface area (Å²) in [4.78, 5) is 4.50. The van der Waals surface area contributed by atoms with Crippen LogP contribution in [0.4, 0.5) is 4.39 Å². The lowest BCUT2D eigenvalue weighted by Crippen LogP contribution is -2.30. The van der Waals surface area contributed by atoms with Gasteiger partial charge in [-0.05, 0) is 60.4 Å². The van der Waals surface area contributed by atoms with Gasteiger partial charge in [0.2, 0.25) is 0 Å². The molecule has 0 radical (unpaired) electrons. The predicted molar refractivity (Wildman–Crippen MR) is 128 cm³/mol. The molecule has 0 N–H and O–H groups in total. The molecule has 0 aliphatic carbocycles. The molecule has 7 rings (SSSR count). The van der Waals surface area contributed by atoms with Gasteiger partial charge in [-0.1, -0.05) is 0 Å². The number of rotatable bonds is 4. The van der Waals surface area contributed by atoms with Crippen LogP contribution in [-0.2, 0) is 16.0 Å². The summed E-state index contributed by atoms with van der Waals surface area (Å²) in [5.74, 6) is 0.102. The topological polar surface area (TPSA) is 53.6 Å². The van der Waals surface area contributed by atoms with E-state index in [0.717, 1.165) is 48.4 Å². The van der Waals surface area contributed by atoms with Crippen LogP contribution in [0.2, 0.25) is 0 Å². The molecule has 34 heavy (non-hydrogen) atoms. The average Bonchev–Trinajstić information content (AvgIpc) is 3.55. The van der Waals surface area contributed by atoms with Crippen molar-refractivity contribution < 1.29 is 13.9 Å². The van der Waals surface area contributed by atoms with Crippen LogP contribution in [0.3, 0.4) is 0 Å². The van der Waals surface area contributed by atoms with Crippen LogP contribution in [0.25, 0.3) is 27.7 Å². The number of ether oxygens (including phenoxy) is 2. The molecule has 4 aromatic rings. The van der Waals surface area contributed by atoms with Crippen molar-refractivity contribution in [3.63, 3.8) is 0 Å². The van der Waals surface area contributed by atoms with E-state index >= 15 is 0 Å². The minimum absolute atomic E-state index is 0.231. The largest absolute Gasteiger partial charge is 0.381 e. The molecule has 0 amide bonds. The molecule has 172 valence electrons. The Hall–Kier alpha value is -3.29. The number of aliphatic imine (C=N–C) groups is 1. The van der Waals surface area contributed by atoms with Crippen molar-refractivity contribution in [2.75, 3.05) is 26.4 Å². The van der Waals surface area contributed by atoms with Crippen molar-refractivity contribution >= 4 is 17.1 Å². The second kappa shape index (κ2) is 7.89. The molecular weight excluding hydrogens is 431 g/mol. The monoisotopic (exact) mass is 456 g/mol. The predicted octanol–water partition coefficient (Wildman–Crippen LogP) is 5.03. The minimum Gasteiger partial charge on any atom is -0.381 e. The maximum Gasteiger partial charge on any atom is 0.123 e. The van der Waals surface area contributed by atoms with Crippen LogP contribution >= 0.6 is 0 Å². The summed E-state index contributed by atoms with van der Waals surface area (Å²) in [6.45, 7) is 3.61. The molecule has 3 aliphatic rings. The van der Waals surface area contributed by atoms with Gasteiger partial charge in [0.15, 0.2) is 0 Å². The second-order valence-electron chi connectivity index (χ2n) is 9.40. The van der Waals surface area contributed by atoms with Crippen LogP contribution in [0.15, 0.2) is 53.8 Å². The summed E-state index contributed by atoms with van der Waals surface area (Å²) in [5.41, 5.74) is 8.06. The molecule has 2 saturated heterocycles. The van der Waals surface area contributed by atoms with Crippen molar-refractivity contribution in [1.82, 2.24) is 14.3 Å². The molecule has 2 aromatic heterocycles. The first-order valence-electron chi connectivity index (χ1n) is 11.9. The zero-order valence-corrected chi connectivity index (χ0v) is 18.8. The highest BCUT2D eigenvalue weighted by molar-refractivity contribution is 6.03. The van der Waals surface area contributed by atoms with E-state index in [2.05, 4.69) is 27.9 Å². The van der Waals surface area contributed by atoms with Crippen LogP contribution in [0, 0.1) is 5.82 Å².